The molecule has 13 heavy (non-hydrogen) atoms. The van der Waals surface area contributed by atoms with E-state index in [-0.39, 0.29) is 6.04 Å². The van der Waals surface area contributed by atoms with Crippen LogP contribution in [0.2, 0.25) is 0 Å². The molecule has 2 bridgehead atoms. The molecule has 2 N–H and O–H groups in total. The number of carboxylic acid groups (broad SMARTS) is 1. The molecule has 0 spiro atoms. The maximum Gasteiger partial charge on any atom is 0.310 e. The fourth-order valence-corrected chi connectivity index (χ4v) is 2.77. The van der Waals surface area contributed by atoms with Crippen LogP contribution >= 0.6 is 0 Å². The zero-order valence-electron chi connectivity index (χ0n) is 7.68. The summed E-state index contributed by atoms with van der Waals surface area (Å²) in [6, 6.07) is 0.446. The third-order valence-electron chi connectivity index (χ3n) is 3.52. The van der Waals surface area contributed by atoms with E-state index < -0.39 is 18.0 Å². The van der Waals surface area contributed by atoms with Crippen LogP contribution < -0.4 is 0 Å². The van der Waals surface area contributed by atoms with Crippen LogP contribution in [0.1, 0.15) is 19.3 Å². The van der Waals surface area contributed by atoms with Gasteiger partial charge in [-0.25, -0.2) is 0 Å². The van der Waals surface area contributed by atoms with Gasteiger partial charge in [0.15, 0.2) is 0 Å². The molecule has 2 heterocycles. The number of rotatable bonds is 1. The summed E-state index contributed by atoms with van der Waals surface area (Å²) in [5.41, 5.74) is 0. The Labute approximate surface area is 77.2 Å². The Balaban J connectivity index is 2.21. The second-order valence-electron chi connectivity index (χ2n) is 4.13. The summed E-state index contributed by atoms with van der Waals surface area (Å²) in [5.74, 6) is -1.44. The maximum absolute atomic E-state index is 10.9. The summed E-state index contributed by atoms with van der Waals surface area (Å²) in [6.07, 6.45) is 1.91. The molecular formula is C9H15NO3. The topological polar surface area (TPSA) is 60.8 Å². The highest BCUT2D eigenvalue weighted by molar-refractivity contribution is 5.72. The number of carboxylic acids is 1. The van der Waals surface area contributed by atoms with E-state index in [9.17, 15) is 9.90 Å². The Morgan fingerprint density at radius 1 is 1.46 bits per heavy atom. The lowest BCUT2D eigenvalue weighted by molar-refractivity contribution is -0.151. The summed E-state index contributed by atoms with van der Waals surface area (Å²) in [7, 11) is 1.96. The van der Waals surface area contributed by atoms with Crippen molar-refractivity contribution in [2.45, 2.75) is 37.5 Å². The molecule has 2 fully saturated rings. The van der Waals surface area contributed by atoms with Gasteiger partial charge in [-0.1, -0.05) is 0 Å². The van der Waals surface area contributed by atoms with Crippen LogP contribution in [0.15, 0.2) is 0 Å². The van der Waals surface area contributed by atoms with Crippen molar-refractivity contribution >= 4 is 5.97 Å². The van der Waals surface area contributed by atoms with Gasteiger partial charge in [-0.05, 0) is 26.3 Å². The van der Waals surface area contributed by atoms with Gasteiger partial charge < -0.3 is 10.2 Å². The van der Waals surface area contributed by atoms with Crippen molar-refractivity contribution < 1.29 is 15.0 Å². The number of carbonyl (C=O) groups is 1. The predicted molar refractivity (Wildman–Crippen MR) is 46.3 cm³/mol. The molecule has 2 saturated heterocycles. The molecule has 4 nitrogen and oxygen atoms in total. The highest BCUT2D eigenvalue weighted by atomic mass is 16.4. The second kappa shape index (κ2) is 2.96. The molecule has 4 atom stereocenters. The van der Waals surface area contributed by atoms with Crippen LogP contribution in [0.4, 0.5) is 0 Å². The molecule has 2 aliphatic rings. The zero-order chi connectivity index (χ0) is 9.59. The zero-order valence-corrected chi connectivity index (χ0v) is 7.68. The number of nitrogens with zero attached hydrogens (tertiary/aromatic N) is 1. The predicted octanol–water partition coefficient (Wildman–Crippen LogP) is -0.0854. The molecule has 4 heteroatoms. The summed E-state index contributed by atoms with van der Waals surface area (Å²) < 4.78 is 0. The van der Waals surface area contributed by atoms with E-state index in [1.54, 1.807) is 0 Å². The monoisotopic (exact) mass is 185 g/mol. The molecule has 0 radical (unpaired) electrons. The lowest BCUT2D eigenvalue weighted by Crippen LogP contribution is -2.51. The number of hydrogen-bond donors (Lipinski definition) is 2. The molecule has 0 aromatic heterocycles. The fourth-order valence-electron chi connectivity index (χ4n) is 2.77. The smallest absolute Gasteiger partial charge is 0.310 e. The van der Waals surface area contributed by atoms with E-state index in [4.69, 9.17) is 5.11 Å². The van der Waals surface area contributed by atoms with Gasteiger partial charge in [0, 0.05) is 12.1 Å². The minimum absolute atomic E-state index is 0.0475. The number of fused-ring (bicyclic) bond motifs is 2. The number of aliphatic hydroxyl groups excluding tert-OH is 1. The van der Waals surface area contributed by atoms with E-state index in [1.807, 2.05) is 7.05 Å². The number of piperidine rings is 1. The van der Waals surface area contributed by atoms with Crippen molar-refractivity contribution in [1.29, 1.82) is 0 Å². The first kappa shape index (κ1) is 8.97. The highest BCUT2D eigenvalue weighted by Crippen LogP contribution is 2.38. The molecule has 0 aromatic rings. The van der Waals surface area contributed by atoms with Crippen LogP contribution in [0.25, 0.3) is 0 Å². The van der Waals surface area contributed by atoms with Gasteiger partial charge in [-0.2, -0.15) is 0 Å². The Morgan fingerprint density at radius 2 is 2.15 bits per heavy atom. The molecule has 2 rings (SSSR count). The van der Waals surface area contributed by atoms with Crippen molar-refractivity contribution in [3.63, 3.8) is 0 Å². The van der Waals surface area contributed by atoms with Gasteiger partial charge in [-0.15, -0.1) is 0 Å². The normalized spacial score (nSPS) is 45.1. The summed E-state index contributed by atoms with van der Waals surface area (Å²) in [6.45, 7) is 0. The van der Waals surface area contributed by atoms with Crippen LogP contribution in [0.5, 0.6) is 0 Å². The maximum atomic E-state index is 10.9. The van der Waals surface area contributed by atoms with Gasteiger partial charge in [-0.3, -0.25) is 9.69 Å². The third kappa shape index (κ3) is 1.25. The fraction of sp³-hybridized carbons (Fsp3) is 0.889. The summed E-state index contributed by atoms with van der Waals surface area (Å²) in [5, 5.41) is 18.6. The van der Waals surface area contributed by atoms with Crippen molar-refractivity contribution in [3.05, 3.63) is 0 Å². The first-order chi connectivity index (χ1) is 6.11. The lowest BCUT2D eigenvalue weighted by atomic mass is 9.88. The van der Waals surface area contributed by atoms with Gasteiger partial charge >= 0.3 is 5.97 Å². The second-order valence-corrected chi connectivity index (χ2v) is 4.13. The Bertz CT molecular complexity index is 231. The van der Waals surface area contributed by atoms with E-state index in [0.717, 1.165) is 12.8 Å². The third-order valence-corrected chi connectivity index (χ3v) is 3.52. The number of hydrogen-bond acceptors (Lipinski definition) is 3. The van der Waals surface area contributed by atoms with E-state index >= 15 is 0 Å². The first-order valence-corrected chi connectivity index (χ1v) is 4.74. The van der Waals surface area contributed by atoms with Gasteiger partial charge in [0.1, 0.15) is 0 Å². The molecule has 0 saturated carbocycles. The molecule has 0 amide bonds. The van der Waals surface area contributed by atoms with Crippen LogP contribution in [0, 0.1) is 5.92 Å². The molecule has 2 aliphatic heterocycles. The average molecular weight is 185 g/mol. The minimum atomic E-state index is -0.857. The van der Waals surface area contributed by atoms with E-state index in [0.29, 0.717) is 12.5 Å². The highest BCUT2D eigenvalue weighted by Gasteiger charge is 2.48. The molecule has 0 aromatic carbocycles. The average Bonchev–Trinajstić information content (AvgIpc) is 2.34. The van der Waals surface area contributed by atoms with Crippen molar-refractivity contribution in [2.24, 2.45) is 5.92 Å². The van der Waals surface area contributed by atoms with Crippen LogP contribution in [0.3, 0.4) is 0 Å². The molecule has 0 unspecified atom stereocenters. The Hall–Kier alpha value is -0.610. The minimum Gasteiger partial charge on any atom is -0.481 e. The molecular weight excluding hydrogens is 170 g/mol. The Morgan fingerprint density at radius 3 is 2.77 bits per heavy atom. The van der Waals surface area contributed by atoms with Crippen LogP contribution in [-0.2, 0) is 4.79 Å². The number of aliphatic hydroxyl groups is 1. The van der Waals surface area contributed by atoms with Crippen molar-refractivity contribution in [3.8, 4) is 0 Å². The van der Waals surface area contributed by atoms with E-state index in [2.05, 4.69) is 4.90 Å². The number of aliphatic carboxylic acids is 1. The largest absolute Gasteiger partial charge is 0.481 e. The van der Waals surface area contributed by atoms with Gasteiger partial charge in [0.25, 0.3) is 0 Å². The SMILES string of the molecule is CN1[C@@H]2CC[C@H]1[C@H](C(=O)O)[C@@H](O)C2. The standard InChI is InChI=1S/C9H15NO3/c1-10-5-2-3-6(10)8(9(12)13)7(11)4-5/h5-8,11H,2-4H2,1H3,(H,12,13)/t5-,6+,7+,8+/m1/s1. The summed E-state index contributed by atoms with van der Waals surface area (Å²) >= 11 is 0. The van der Waals surface area contributed by atoms with Gasteiger partial charge in [0.05, 0.1) is 12.0 Å². The lowest BCUT2D eigenvalue weighted by Gasteiger charge is -2.38. The summed E-state index contributed by atoms with van der Waals surface area (Å²) in [4.78, 5) is 13.0. The van der Waals surface area contributed by atoms with Crippen molar-refractivity contribution in [2.75, 3.05) is 7.05 Å². The van der Waals surface area contributed by atoms with Crippen molar-refractivity contribution in [1.82, 2.24) is 4.90 Å². The van der Waals surface area contributed by atoms with Crippen LogP contribution in [-0.4, -0.2) is 46.3 Å². The van der Waals surface area contributed by atoms with E-state index in [1.165, 1.54) is 0 Å². The molecule has 74 valence electrons. The quantitative estimate of drug-likeness (QED) is 0.599. The molecule has 0 aliphatic carbocycles. The Kier molecular flexibility index (Phi) is 2.04. The van der Waals surface area contributed by atoms with Gasteiger partial charge in [0.2, 0.25) is 0 Å². The first-order valence-electron chi connectivity index (χ1n) is 4.74.